The van der Waals surface area contributed by atoms with Gasteiger partial charge in [-0.2, -0.15) is 0 Å². The molecule has 0 saturated heterocycles. The van der Waals surface area contributed by atoms with Gasteiger partial charge in [-0.25, -0.2) is 0 Å². The highest BCUT2D eigenvalue weighted by Gasteiger charge is 2.34. The lowest BCUT2D eigenvalue weighted by molar-refractivity contribution is -0.143. The zero-order valence-corrected chi connectivity index (χ0v) is 11.2. The monoisotopic (exact) mass is 256 g/mol. The van der Waals surface area contributed by atoms with Crippen LogP contribution in [0.1, 0.15) is 51.9 Å². The third-order valence-corrected chi connectivity index (χ3v) is 3.35. The molecule has 0 aliphatic heterocycles. The Morgan fingerprint density at radius 3 is 2.56 bits per heavy atom. The van der Waals surface area contributed by atoms with Crippen molar-refractivity contribution in [2.75, 3.05) is 13.2 Å². The minimum absolute atomic E-state index is 0.0777. The molecule has 1 aliphatic carbocycles. The Balaban J connectivity index is 2.18. The minimum Gasteiger partial charge on any atom is -0.466 e. The van der Waals surface area contributed by atoms with Crippen molar-refractivity contribution in [3.8, 4) is 0 Å². The molecule has 18 heavy (non-hydrogen) atoms. The van der Waals surface area contributed by atoms with E-state index < -0.39 is 5.54 Å². The molecule has 104 valence electrons. The van der Waals surface area contributed by atoms with Crippen molar-refractivity contribution in [1.82, 2.24) is 5.32 Å². The van der Waals surface area contributed by atoms with Gasteiger partial charge in [-0.15, -0.1) is 0 Å². The Kier molecular flexibility index (Phi) is 6.12. The van der Waals surface area contributed by atoms with Gasteiger partial charge in [-0.1, -0.05) is 19.3 Å². The Hall–Kier alpha value is -1.10. The number of esters is 1. The molecule has 0 atom stereocenters. The van der Waals surface area contributed by atoms with E-state index in [2.05, 4.69) is 5.32 Å². The molecule has 0 aromatic rings. The van der Waals surface area contributed by atoms with Crippen LogP contribution < -0.4 is 11.1 Å². The summed E-state index contributed by atoms with van der Waals surface area (Å²) in [7, 11) is 0. The topological polar surface area (TPSA) is 81.4 Å². The van der Waals surface area contributed by atoms with E-state index in [1.807, 2.05) is 0 Å². The quantitative estimate of drug-likeness (QED) is 0.551. The second-order valence-electron chi connectivity index (χ2n) is 4.88. The second kappa shape index (κ2) is 7.36. The Bertz CT molecular complexity index is 286. The van der Waals surface area contributed by atoms with E-state index >= 15 is 0 Å². The molecular formula is C13H24N2O3. The second-order valence-corrected chi connectivity index (χ2v) is 4.88. The maximum atomic E-state index is 11.9. The summed E-state index contributed by atoms with van der Waals surface area (Å²) in [5.41, 5.74) is 5.40. The van der Waals surface area contributed by atoms with Crippen molar-refractivity contribution >= 4 is 11.9 Å². The molecule has 1 saturated carbocycles. The largest absolute Gasteiger partial charge is 0.466 e. The zero-order chi connectivity index (χ0) is 13.4. The molecule has 3 N–H and O–H groups in total. The molecule has 0 bridgehead atoms. The smallest absolute Gasteiger partial charge is 0.305 e. The molecule has 1 rings (SSSR count). The summed E-state index contributed by atoms with van der Waals surface area (Å²) in [6, 6.07) is 0. The van der Waals surface area contributed by atoms with Crippen LogP contribution in [0.15, 0.2) is 0 Å². The van der Waals surface area contributed by atoms with Gasteiger partial charge in [0.05, 0.1) is 12.1 Å². The molecule has 1 aliphatic rings. The molecule has 0 heterocycles. The van der Waals surface area contributed by atoms with Crippen LogP contribution in [0.4, 0.5) is 0 Å². The van der Waals surface area contributed by atoms with E-state index in [0.717, 1.165) is 32.1 Å². The summed E-state index contributed by atoms with van der Waals surface area (Å²) < 4.78 is 4.81. The van der Waals surface area contributed by atoms with E-state index in [4.69, 9.17) is 10.5 Å². The molecule has 0 aromatic carbocycles. The van der Waals surface area contributed by atoms with E-state index in [0.29, 0.717) is 26.0 Å². The molecule has 5 heteroatoms. The fraction of sp³-hybridized carbons (Fsp3) is 0.846. The average Bonchev–Trinajstić information content (AvgIpc) is 2.35. The zero-order valence-electron chi connectivity index (χ0n) is 11.2. The Morgan fingerprint density at radius 2 is 1.94 bits per heavy atom. The van der Waals surface area contributed by atoms with Gasteiger partial charge in [0.1, 0.15) is 0 Å². The van der Waals surface area contributed by atoms with Crippen LogP contribution in [0.3, 0.4) is 0 Å². The summed E-state index contributed by atoms with van der Waals surface area (Å²) in [5, 5.41) is 2.82. The highest BCUT2D eigenvalue weighted by molar-refractivity contribution is 5.86. The number of carbonyl (C=O) groups excluding carboxylic acids is 2. The standard InChI is InChI=1S/C13H24N2O3/c1-2-18-11(16)7-6-10-15-12(17)13(14)8-4-3-5-9-13/h2-10,14H2,1H3,(H,15,17). The van der Waals surface area contributed by atoms with Crippen molar-refractivity contribution in [3.05, 3.63) is 0 Å². The van der Waals surface area contributed by atoms with E-state index in [-0.39, 0.29) is 11.9 Å². The number of rotatable bonds is 6. The molecule has 0 unspecified atom stereocenters. The first-order valence-electron chi connectivity index (χ1n) is 6.81. The predicted molar refractivity (Wildman–Crippen MR) is 68.9 cm³/mol. The van der Waals surface area contributed by atoms with Gasteiger partial charge in [0.25, 0.3) is 0 Å². The molecule has 0 aromatic heterocycles. The van der Waals surface area contributed by atoms with E-state index in [9.17, 15) is 9.59 Å². The fourth-order valence-electron chi connectivity index (χ4n) is 2.25. The summed E-state index contributed by atoms with van der Waals surface area (Å²) in [6.07, 6.45) is 5.66. The van der Waals surface area contributed by atoms with Crippen LogP contribution in [-0.2, 0) is 14.3 Å². The van der Waals surface area contributed by atoms with Crippen LogP contribution in [0.2, 0.25) is 0 Å². The summed E-state index contributed by atoms with van der Waals surface area (Å²) in [6.45, 7) is 2.66. The van der Waals surface area contributed by atoms with Gasteiger partial charge in [0, 0.05) is 13.0 Å². The van der Waals surface area contributed by atoms with Crippen molar-refractivity contribution in [3.63, 3.8) is 0 Å². The lowest BCUT2D eigenvalue weighted by Gasteiger charge is -2.31. The first kappa shape index (κ1) is 15.0. The maximum absolute atomic E-state index is 11.9. The lowest BCUT2D eigenvalue weighted by Crippen LogP contribution is -2.55. The van der Waals surface area contributed by atoms with Gasteiger partial charge in [0.2, 0.25) is 5.91 Å². The molecule has 1 amide bonds. The van der Waals surface area contributed by atoms with Crippen molar-refractivity contribution < 1.29 is 14.3 Å². The summed E-state index contributed by atoms with van der Waals surface area (Å²) in [5.74, 6) is -0.294. The third kappa shape index (κ3) is 4.64. The normalized spacial score (nSPS) is 18.1. The van der Waals surface area contributed by atoms with Crippen LogP contribution in [-0.4, -0.2) is 30.6 Å². The number of hydrogen-bond acceptors (Lipinski definition) is 4. The van der Waals surface area contributed by atoms with E-state index in [1.54, 1.807) is 6.92 Å². The third-order valence-electron chi connectivity index (χ3n) is 3.35. The number of nitrogens with one attached hydrogen (secondary N) is 1. The predicted octanol–water partition coefficient (Wildman–Crippen LogP) is 1.11. The molecule has 1 fully saturated rings. The first-order chi connectivity index (χ1) is 8.58. The maximum Gasteiger partial charge on any atom is 0.305 e. The number of nitrogens with two attached hydrogens (primary N) is 1. The van der Waals surface area contributed by atoms with Crippen LogP contribution >= 0.6 is 0 Å². The molecular weight excluding hydrogens is 232 g/mol. The van der Waals surface area contributed by atoms with Gasteiger partial charge >= 0.3 is 5.97 Å². The van der Waals surface area contributed by atoms with Crippen LogP contribution in [0.25, 0.3) is 0 Å². The highest BCUT2D eigenvalue weighted by Crippen LogP contribution is 2.25. The van der Waals surface area contributed by atoms with Gasteiger partial charge < -0.3 is 15.8 Å². The lowest BCUT2D eigenvalue weighted by atomic mass is 9.82. The van der Waals surface area contributed by atoms with Crippen LogP contribution in [0.5, 0.6) is 0 Å². The van der Waals surface area contributed by atoms with E-state index in [1.165, 1.54) is 0 Å². The summed E-state index contributed by atoms with van der Waals surface area (Å²) in [4.78, 5) is 23.0. The fourth-order valence-corrected chi connectivity index (χ4v) is 2.25. The summed E-state index contributed by atoms with van der Waals surface area (Å²) >= 11 is 0. The van der Waals surface area contributed by atoms with Crippen molar-refractivity contribution in [2.24, 2.45) is 5.73 Å². The molecule has 0 radical (unpaired) electrons. The number of amides is 1. The van der Waals surface area contributed by atoms with Crippen molar-refractivity contribution in [1.29, 1.82) is 0 Å². The van der Waals surface area contributed by atoms with Crippen molar-refractivity contribution in [2.45, 2.75) is 57.4 Å². The minimum atomic E-state index is -0.692. The van der Waals surface area contributed by atoms with Gasteiger partial charge in [0.15, 0.2) is 0 Å². The molecule has 5 nitrogen and oxygen atoms in total. The highest BCUT2D eigenvalue weighted by atomic mass is 16.5. The number of carbonyl (C=O) groups is 2. The Morgan fingerprint density at radius 1 is 1.28 bits per heavy atom. The first-order valence-corrected chi connectivity index (χ1v) is 6.81. The van der Waals surface area contributed by atoms with Gasteiger partial charge in [-0.05, 0) is 26.2 Å². The number of ether oxygens (including phenoxy) is 1. The average molecular weight is 256 g/mol. The Labute approximate surface area is 108 Å². The number of hydrogen-bond donors (Lipinski definition) is 2. The van der Waals surface area contributed by atoms with Crippen LogP contribution in [0, 0.1) is 0 Å². The SMILES string of the molecule is CCOC(=O)CCCNC(=O)C1(N)CCCCC1. The molecule has 0 spiro atoms. The van der Waals surface area contributed by atoms with Gasteiger partial charge in [-0.3, -0.25) is 9.59 Å².